The molecule has 1 unspecified atom stereocenters. The molecule has 0 radical (unpaired) electrons. The lowest BCUT2D eigenvalue weighted by molar-refractivity contribution is -0.130. The third kappa shape index (κ3) is 5.90. The number of carbonyl (C=O) groups is 1. The fourth-order valence-electron chi connectivity index (χ4n) is 0.954. The first kappa shape index (κ1) is 13.4. The highest BCUT2D eigenvalue weighted by Crippen LogP contribution is 1.87. The van der Waals surface area contributed by atoms with Crippen LogP contribution >= 0.6 is 0 Å². The zero-order chi connectivity index (χ0) is 10.8. The van der Waals surface area contributed by atoms with Crippen LogP contribution in [-0.4, -0.2) is 45.4 Å². The summed E-state index contributed by atoms with van der Waals surface area (Å²) in [5.74, 6) is -0.161. The van der Waals surface area contributed by atoms with Crippen LogP contribution in [0.2, 0.25) is 0 Å². The molecule has 14 heavy (non-hydrogen) atoms. The lowest BCUT2D eigenvalue weighted by Gasteiger charge is -2.12. The van der Waals surface area contributed by atoms with Crippen molar-refractivity contribution in [2.75, 3.05) is 33.4 Å². The molecular formula is C9H20N2O3. The van der Waals surface area contributed by atoms with Gasteiger partial charge in [0.1, 0.15) is 6.10 Å². The van der Waals surface area contributed by atoms with Crippen molar-refractivity contribution in [3.8, 4) is 0 Å². The predicted octanol–water partition coefficient (Wildman–Crippen LogP) is -0.497. The highest BCUT2D eigenvalue weighted by molar-refractivity contribution is 5.80. The van der Waals surface area contributed by atoms with E-state index in [4.69, 9.17) is 15.2 Å². The van der Waals surface area contributed by atoms with Gasteiger partial charge in [0.2, 0.25) is 5.91 Å². The van der Waals surface area contributed by atoms with E-state index in [0.29, 0.717) is 19.8 Å². The van der Waals surface area contributed by atoms with Crippen LogP contribution in [0.4, 0.5) is 0 Å². The Morgan fingerprint density at radius 1 is 1.57 bits per heavy atom. The molecule has 1 atom stereocenters. The second-order valence-corrected chi connectivity index (χ2v) is 2.80. The van der Waals surface area contributed by atoms with Gasteiger partial charge in [-0.15, -0.1) is 0 Å². The van der Waals surface area contributed by atoms with Gasteiger partial charge in [-0.05, 0) is 13.3 Å². The standard InChI is InChI=1S/C9H20N2O3/c1-3-14-6-4-5-11-9(12)8(7-10)13-2/h8H,3-7,10H2,1-2H3,(H,11,12). The van der Waals surface area contributed by atoms with Crippen LogP contribution in [0.25, 0.3) is 0 Å². The minimum Gasteiger partial charge on any atom is -0.382 e. The molecule has 5 nitrogen and oxygen atoms in total. The molecule has 0 bridgehead atoms. The average molecular weight is 204 g/mol. The van der Waals surface area contributed by atoms with Crippen molar-refractivity contribution in [3.63, 3.8) is 0 Å². The summed E-state index contributed by atoms with van der Waals surface area (Å²) in [7, 11) is 1.47. The average Bonchev–Trinajstić information content (AvgIpc) is 2.19. The SMILES string of the molecule is CCOCCCNC(=O)C(CN)OC. The van der Waals surface area contributed by atoms with Crippen molar-refractivity contribution in [2.24, 2.45) is 5.73 Å². The Hall–Kier alpha value is -0.650. The van der Waals surface area contributed by atoms with Crippen LogP contribution < -0.4 is 11.1 Å². The van der Waals surface area contributed by atoms with Crippen LogP contribution in [-0.2, 0) is 14.3 Å². The predicted molar refractivity (Wildman–Crippen MR) is 54.0 cm³/mol. The molecule has 0 aliphatic rings. The molecular weight excluding hydrogens is 184 g/mol. The van der Waals surface area contributed by atoms with E-state index < -0.39 is 6.10 Å². The van der Waals surface area contributed by atoms with E-state index in [1.54, 1.807) is 0 Å². The van der Waals surface area contributed by atoms with Crippen molar-refractivity contribution in [1.29, 1.82) is 0 Å². The molecule has 84 valence electrons. The number of amides is 1. The highest BCUT2D eigenvalue weighted by Gasteiger charge is 2.14. The molecule has 0 spiro atoms. The monoisotopic (exact) mass is 204 g/mol. The molecule has 0 aromatic carbocycles. The topological polar surface area (TPSA) is 73.6 Å². The normalized spacial score (nSPS) is 12.5. The van der Waals surface area contributed by atoms with Gasteiger partial charge >= 0.3 is 0 Å². The molecule has 0 rings (SSSR count). The summed E-state index contributed by atoms with van der Waals surface area (Å²) in [6.45, 7) is 4.11. The van der Waals surface area contributed by atoms with Gasteiger partial charge in [-0.3, -0.25) is 4.79 Å². The number of hydrogen-bond donors (Lipinski definition) is 2. The van der Waals surface area contributed by atoms with Gasteiger partial charge in [-0.25, -0.2) is 0 Å². The van der Waals surface area contributed by atoms with Crippen molar-refractivity contribution < 1.29 is 14.3 Å². The molecule has 0 aliphatic heterocycles. The number of methoxy groups -OCH3 is 1. The van der Waals surface area contributed by atoms with Crippen LogP contribution in [0.3, 0.4) is 0 Å². The van der Waals surface area contributed by atoms with Crippen molar-refractivity contribution >= 4 is 5.91 Å². The Morgan fingerprint density at radius 2 is 2.29 bits per heavy atom. The quantitative estimate of drug-likeness (QED) is 0.523. The lowest BCUT2D eigenvalue weighted by atomic mass is 10.3. The number of ether oxygens (including phenoxy) is 2. The van der Waals surface area contributed by atoms with Gasteiger partial charge < -0.3 is 20.5 Å². The molecule has 0 aromatic heterocycles. The number of rotatable bonds is 8. The minimum atomic E-state index is -0.540. The van der Waals surface area contributed by atoms with Gasteiger partial charge in [0.25, 0.3) is 0 Å². The summed E-state index contributed by atoms with van der Waals surface area (Å²) in [6.07, 6.45) is 0.266. The maximum Gasteiger partial charge on any atom is 0.250 e. The fraction of sp³-hybridized carbons (Fsp3) is 0.889. The first-order valence-corrected chi connectivity index (χ1v) is 4.84. The van der Waals surface area contributed by atoms with E-state index in [2.05, 4.69) is 5.32 Å². The zero-order valence-corrected chi connectivity index (χ0v) is 8.91. The summed E-state index contributed by atoms with van der Waals surface area (Å²) >= 11 is 0. The van der Waals surface area contributed by atoms with Crippen LogP contribution in [0, 0.1) is 0 Å². The van der Waals surface area contributed by atoms with Crippen LogP contribution in [0.1, 0.15) is 13.3 Å². The van der Waals surface area contributed by atoms with E-state index >= 15 is 0 Å². The molecule has 0 aromatic rings. The molecule has 0 saturated heterocycles. The Kier molecular flexibility index (Phi) is 8.51. The molecule has 1 amide bonds. The Bertz CT molecular complexity index is 149. The molecule has 5 heteroatoms. The second kappa shape index (κ2) is 8.93. The molecule has 0 aliphatic carbocycles. The van der Waals surface area contributed by atoms with E-state index in [-0.39, 0.29) is 12.5 Å². The van der Waals surface area contributed by atoms with Crippen LogP contribution in [0.5, 0.6) is 0 Å². The van der Waals surface area contributed by atoms with Crippen molar-refractivity contribution in [3.05, 3.63) is 0 Å². The number of nitrogens with one attached hydrogen (secondary N) is 1. The first-order valence-electron chi connectivity index (χ1n) is 4.84. The smallest absolute Gasteiger partial charge is 0.250 e. The van der Waals surface area contributed by atoms with Crippen LogP contribution in [0.15, 0.2) is 0 Å². The maximum atomic E-state index is 11.3. The van der Waals surface area contributed by atoms with Crippen molar-refractivity contribution in [1.82, 2.24) is 5.32 Å². The van der Waals surface area contributed by atoms with E-state index in [9.17, 15) is 4.79 Å². The van der Waals surface area contributed by atoms with Gasteiger partial charge in [-0.1, -0.05) is 0 Å². The maximum absolute atomic E-state index is 11.3. The highest BCUT2D eigenvalue weighted by atomic mass is 16.5. The molecule has 0 saturated carbocycles. The molecule has 3 N–H and O–H groups in total. The minimum absolute atomic E-state index is 0.161. The van der Waals surface area contributed by atoms with Gasteiger partial charge in [0.05, 0.1) is 0 Å². The summed E-state index contributed by atoms with van der Waals surface area (Å²) in [4.78, 5) is 11.3. The second-order valence-electron chi connectivity index (χ2n) is 2.80. The summed E-state index contributed by atoms with van der Waals surface area (Å²) in [6, 6.07) is 0. The summed E-state index contributed by atoms with van der Waals surface area (Å²) in [5, 5.41) is 2.72. The van der Waals surface area contributed by atoms with Gasteiger partial charge in [0.15, 0.2) is 0 Å². The third-order valence-electron chi connectivity index (χ3n) is 1.76. The Balaban J connectivity index is 3.43. The number of nitrogens with two attached hydrogens (primary N) is 1. The largest absolute Gasteiger partial charge is 0.382 e. The molecule has 0 fully saturated rings. The third-order valence-corrected chi connectivity index (χ3v) is 1.76. The van der Waals surface area contributed by atoms with Gasteiger partial charge in [-0.2, -0.15) is 0 Å². The number of carbonyl (C=O) groups excluding carboxylic acids is 1. The molecule has 0 heterocycles. The van der Waals surface area contributed by atoms with Crippen molar-refractivity contribution in [2.45, 2.75) is 19.4 Å². The number of hydrogen-bond acceptors (Lipinski definition) is 4. The summed E-state index contributed by atoms with van der Waals surface area (Å²) < 4.78 is 9.99. The lowest BCUT2D eigenvalue weighted by Crippen LogP contribution is -2.41. The Labute approximate surface area is 84.9 Å². The van der Waals surface area contributed by atoms with E-state index in [1.807, 2.05) is 6.92 Å². The first-order chi connectivity index (χ1) is 6.76. The van der Waals surface area contributed by atoms with E-state index in [1.165, 1.54) is 7.11 Å². The fourth-order valence-corrected chi connectivity index (χ4v) is 0.954. The van der Waals surface area contributed by atoms with Gasteiger partial charge in [0, 0.05) is 33.4 Å². The Morgan fingerprint density at radius 3 is 2.79 bits per heavy atom. The van der Waals surface area contributed by atoms with E-state index in [0.717, 1.165) is 6.42 Å². The summed E-state index contributed by atoms with van der Waals surface area (Å²) in [5.41, 5.74) is 5.33. The zero-order valence-electron chi connectivity index (χ0n) is 8.91.